The van der Waals surface area contributed by atoms with Crippen molar-refractivity contribution in [2.24, 2.45) is 0 Å². The summed E-state index contributed by atoms with van der Waals surface area (Å²) in [6, 6.07) is 25.3. The number of aromatic nitrogens is 2. The van der Waals surface area contributed by atoms with E-state index in [1.54, 1.807) is 55.7 Å². The molecule has 0 atom stereocenters. The van der Waals surface area contributed by atoms with Crippen LogP contribution in [-0.2, 0) is 9.53 Å². The fraction of sp³-hybridized carbons (Fsp3) is 0.176. The highest BCUT2D eigenvalue weighted by molar-refractivity contribution is 6.17. The van der Waals surface area contributed by atoms with Gasteiger partial charge in [0.05, 0.1) is 29.0 Å². The number of amides is 2. The van der Waals surface area contributed by atoms with Crippen molar-refractivity contribution in [2.45, 2.75) is 33.3 Å². The number of nitrogens with zero attached hydrogens (tertiary/aromatic N) is 3. The van der Waals surface area contributed by atoms with Gasteiger partial charge < -0.3 is 4.74 Å². The molecular formula is C34H29N3O5. The van der Waals surface area contributed by atoms with Crippen molar-refractivity contribution in [3.05, 3.63) is 102 Å². The largest absolute Gasteiger partial charge is 0.443 e. The van der Waals surface area contributed by atoms with Crippen molar-refractivity contribution in [2.75, 3.05) is 6.54 Å². The maximum atomic E-state index is 13.7. The third-order valence-corrected chi connectivity index (χ3v) is 7.20. The fourth-order valence-corrected chi connectivity index (χ4v) is 5.55. The van der Waals surface area contributed by atoms with Crippen molar-refractivity contribution < 1.29 is 23.9 Å². The van der Waals surface area contributed by atoms with Crippen LogP contribution in [0.2, 0.25) is 0 Å². The van der Waals surface area contributed by atoms with E-state index in [2.05, 4.69) is 0 Å². The van der Waals surface area contributed by atoms with Crippen molar-refractivity contribution in [3.8, 4) is 11.4 Å². The van der Waals surface area contributed by atoms with Crippen LogP contribution in [0.4, 0.5) is 4.79 Å². The summed E-state index contributed by atoms with van der Waals surface area (Å²) >= 11 is 0. The topological polar surface area (TPSA) is 90.6 Å². The van der Waals surface area contributed by atoms with E-state index in [1.807, 2.05) is 54.6 Å². The summed E-state index contributed by atoms with van der Waals surface area (Å²) in [7, 11) is 0. The Morgan fingerprint density at radius 3 is 2.14 bits per heavy atom. The molecule has 0 bridgehead atoms. The van der Waals surface area contributed by atoms with E-state index in [9.17, 15) is 19.2 Å². The summed E-state index contributed by atoms with van der Waals surface area (Å²) in [5, 5.41) is 1.50. The number of benzene rings is 3. The zero-order valence-corrected chi connectivity index (χ0v) is 23.8. The van der Waals surface area contributed by atoms with Gasteiger partial charge in [-0.1, -0.05) is 54.6 Å². The maximum absolute atomic E-state index is 13.7. The van der Waals surface area contributed by atoms with E-state index in [-0.39, 0.29) is 12.5 Å². The minimum atomic E-state index is -0.769. The first-order chi connectivity index (χ1) is 20.0. The van der Waals surface area contributed by atoms with Crippen LogP contribution >= 0.6 is 0 Å². The Balaban J connectivity index is 1.61. The number of carbonyl (C=O) groups excluding carboxylic acids is 4. The molecule has 1 aliphatic rings. The molecule has 3 heterocycles. The van der Waals surface area contributed by atoms with Gasteiger partial charge in [-0.25, -0.2) is 9.36 Å². The minimum absolute atomic E-state index is 0.0120. The minimum Gasteiger partial charge on any atom is -0.443 e. The number of fused-ring (bicyclic) bond motifs is 2. The Kier molecular flexibility index (Phi) is 6.41. The molecule has 8 heteroatoms. The van der Waals surface area contributed by atoms with Crippen molar-refractivity contribution in [1.82, 2.24) is 14.0 Å². The van der Waals surface area contributed by atoms with Crippen molar-refractivity contribution >= 4 is 51.2 Å². The smallest absolute Gasteiger partial charge is 0.419 e. The normalized spacial score (nSPS) is 13.6. The summed E-state index contributed by atoms with van der Waals surface area (Å²) in [6.45, 7) is 6.85. The predicted molar refractivity (Wildman–Crippen MR) is 161 cm³/mol. The molecule has 3 aromatic carbocycles. The second-order valence-electron chi connectivity index (χ2n) is 11.3. The first-order valence-electron chi connectivity index (χ1n) is 13.7. The summed E-state index contributed by atoms with van der Waals surface area (Å²) in [5.41, 5.74) is 2.92. The lowest BCUT2D eigenvalue weighted by atomic mass is 10.0. The number of carbonyl (C=O) groups is 4. The maximum Gasteiger partial charge on any atom is 0.419 e. The van der Waals surface area contributed by atoms with E-state index in [4.69, 9.17) is 4.74 Å². The molecule has 0 aliphatic carbocycles. The molecule has 2 aromatic heterocycles. The number of hydrogen-bond acceptors (Lipinski definition) is 5. The Hall–Kier alpha value is -5.24. The van der Waals surface area contributed by atoms with E-state index in [1.165, 1.54) is 22.5 Å². The lowest BCUT2D eigenvalue weighted by Crippen LogP contribution is -2.32. The third kappa shape index (κ3) is 4.51. The van der Waals surface area contributed by atoms with E-state index in [0.717, 1.165) is 10.8 Å². The highest BCUT2D eigenvalue weighted by Gasteiger charge is 2.34. The molecule has 42 heavy (non-hydrogen) atoms. The van der Waals surface area contributed by atoms with Gasteiger partial charge in [0.2, 0.25) is 5.91 Å². The number of imide groups is 1. The quantitative estimate of drug-likeness (QED) is 0.228. The van der Waals surface area contributed by atoms with Gasteiger partial charge >= 0.3 is 6.09 Å². The summed E-state index contributed by atoms with van der Waals surface area (Å²) in [6.07, 6.45) is 0.846. The average molecular weight is 560 g/mol. The molecule has 210 valence electrons. The Morgan fingerprint density at radius 2 is 1.45 bits per heavy atom. The van der Waals surface area contributed by atoms with Gasteiger partial charge in [0.25, 0.3) is 11.8 Å². The lowest BCUT2D eigenvalue weighted by molar-refractivity contribution is -0.122. The third-order valence-electron chi connectivity index (χ3n) is 7.20. The summed E-state index contributed by atoms with van der Waals surface area (Å²) in [5.74, 6) is -1.13. The average Bonchev–Trinajstić information content (AvgIpc) is 3.62. The van der Waals surface area contributed by atoms with Gasteiger partial charge in [-0.2, -0.15) is 0 Å². The standard InChI is InChI=1S/C34H29N3O5/c1-21(38)36-27-17-11-9-15-25(27)30(24-19-29(39)35(20-24)32(40)22-12-6-5-7-13-22)31(36)28-18-23-14-8-10-16-26(23)37(28)33(41)42-34(2,3)4/h5-19H,20H2,1-4H3. The van der Waals surface area contributed by atoms with Crippen LogP contribution in [0.1, 0.15) is 48.4 Å². The van der Waals surface area contributed by atoms with Crippen LogP contribution in [0.3, 0.4) is 0 Å². The van der Waals surface area contributed by atoms with Crippen LogP contribution in [0.25, 0.3) is 38.8 Å². The lowest BCUT2D eigenvalue weighted by Gasteiger charge is -2.21. The van der Waals surface area contributed by atoms with Crippen LogP contribution in [0, 0.1) is 0 Å². The molecule has 0 N–H and O–H groups in total. The molecule has 6 rings (SSSR count). The highest BCUT2D eigenvalue weighted by Crippen LogP contribution is 2.42. The fourth-order valence-electron chi connectivity index (χ4n) is 5.55. The molecular weight excluding hydrogens is 530 g/mol. The highest BCUT2D eigenvalue weighted by atomic mass is 16.6. The first kappa shape index (κ1) is 27.0. The molecule has 0 radical (unpaired) electrons. The molecule has 0 saturated heterocycles. The van der Waals surface area contributed by atoms with Crippen LogP contribution in [-0.4, -0.2) is 50.0 Å². The molecule has 2 amide bonds. The van der Waals surface area contributed by atoms with Gasteiger partial charge in [-0.3, -0.25) is 23.9 Å². The van der Waals surface area contributed by atoms with E-state index < -0.39 is 23.5 Å². The summed E-state index contributed by atoms with van der Waals surface area (Å²) < 4.78 is 8.85. The van der Waals surface area contributed by atoms with E-state index >= 15 is 0 Å². The predicted octanol–water partition coefficient (Wildman–Crippen LogP) is 6.77. The van der Waals surface area contributed by atoms with Crippen LogP contribution in [0.5, 0.6) is 0 Å². The molecule has 0 fully saturated rings. The first-order valence-corrected chi connectivity index (χ1v) is 13.7. The molecule has 5 aromatic rings. The van der Waals surface area contributed by atoms with Gasteiger partial charge in [0, 0.05) is 34.9 Å². The summed E-state index contributed by atoms with van der Waals surface area (Å²) in [4.78, 5) is 54.8. The molecule has 0 spiro atoms. The SMILES string of the molecule is CC(=O)n1c(-c2cc3ccccc3n2C(=O)OC(C)(C)C)c(C2=CC(=O)N(C(=O)c3ccccc3)C2)c2ccccc21. The van der Waals surface area contributed by atoms with Crippen molar-refractivity contribution in [1.29, 1.82) is 0 Å². The zero-order chi connectivity index (χ0) is 29.8. The van der Waals surface area contributed by atoms with Crippen LogP contribution < -0.4 is 0 Å². The second kappa shape index (κ2) is 9.99. The van der Waals surface area contributed by atoms with Crippen LogP contribution in [0.15, 0.2) is 91.0 Å². The Bertz CT molecular complexity index is 1950. The Morgan fingerprint density at radius 1 is 0.810 bits per heavy atom. The molecule has 0 unspecified atom stereocenters. The number of para-hydroxylation sites is 2. The monoisotopic (exact) mass is 559 g/mol. The number of ether oxygens (including phenoxy) is 1. The van der Waals surface area contributed by atoms with Crippen molar-refractivity contribution in [3.63, 3.8) is 0 Å². The molecule has 1 aliphatic heterocycles. The number of hydrogen-bond donors (Lipinski definition) is 0. The second-order valence-corrected chi connectivity index (χ2v) is 11.3. The Labute approximate surface area is 242 Å². The van der Waals surface area contributed by atoms with E-state index in [0.29, 0.717) is 39.1 Å². The zero-order valence-electron chi connectivity index (χ0n) is 23.8. The van der Waals surface area contributed by atoms with Gasteiger partial charge in [0.15, 0.2) is 0 Å². The molecule has 8 nitrogen and oxygen atoms in total. The van der Waals surface area contributed by atoms with Gasteiger partial charge in [0.1, 0.15) is 5.60 Å². The molecule has 0 saturated carbocycles. The number of rotatable bonds is 3. The van der Waals surface area contributed by atoms with Gasteiger partial charge in [-0.05, 0) is 56.7 Å². The van der Waals surface area contributed by atoms with Gasteiger partial charge in [-0.15, -0.1) is 0 Å².